The Hall–Kier alpha value is -1.76. The standard InChI is InChI=1S/C18H26BrNO5.C4H10/c1-18(2,3)25-17(23)20-15(16(21)22)12-13-6-8-14(9-7-13)24-11-5-4-10-19;1-3-4-2/h6-9,15H,4-5,10-12H2,1-3H3,(H,20,23)(H,21,22);3-4H2,1-2H3/t15-;/m0./s1. The Labute approximate surface area is 183 Å². The van der Waals surface area contributed by atoms with Gasteiger partial charge in [0, 0.05) is 11.8 Å². The molecule has 0 spiro atoms. The first kappa shape index (κ1) is 27.2. The Balaban J connectivity index is 0.00000178. The van der Waals surface area contributed by atoms with E-state index in [0.717, 1.165) is 29.5 Å². The molecule has 166 valence electrons. The van der Waals surface area contributed by atoms with E-state index in [2.05, 4.69) is 35.1 Å². The average Bonchev–Trinajstić information content (AvgIpc) is 2.64. The van der Waals surface area contributed by atoms with Gasteiger partial charge >= 0.3 is 12.1 Å². The monoisotopic (exact) mass is 473 g/mol. The quantitative estimate of drug-likeness (QED) is 0.342. The number of hydrogen-bond acceptors (Lipinski definition) is 4. The highest BCUT2D eigenvalue weighted by atomic mass is 79.9. The molecule has 1 amide bonds. The number of carbonyl (C=O) groups is 2. The van der Waals surface area contributed by atoms with E-state index in [1.165, 1.54) is 12.8 Å². The van der Waals surface area contributed by atoms with Gasteiger partial charge in [-0.3, -0.25) is 0 Å². The predicted molar refractivity (Wildman–Crippen MR) is 120 cm³/mol. The first-order valence-corrected chi connectivity index (χ1v) is 11.2. The lowest BCUT2D eigenvalue weighted by atomic mass is 10.1. The lowest BCUT2D eigenvalue weighted by molar-refractivity contribution is -0.139. The average molecular weight is 474 g/mol. The van der Waals surface area contributed by atoms with Gasteiger partial charge in [-0.1, -0.05) is 54.8 Å². The number of carbonyl (C=O) groups excluding carboxylic acids is 1. The molecule has 1 aromatic carbocycles. The molecular weight excluding hydrogens is 438 g/mol. The highest BCUT2D eigenvalue weighted by molar-refractivity contribution is 9.09. The Kier molecular flexibility index (Phi) is 14.2. The van der Waals surface area contributed by atoms with Crippen molar-refractivity contribution in [2.45, 2.75) is 78.4 Å². The number of ether oxygens (including phenoxy) is 2. The van der Waals surface area contributed by atoms with Crippen LogP contribution in [-0.2, 0) is 16.0 Å². The molecule has 1 rings (SSSR count). The van der Waals surface area contributed by atoms with Crippen LogP contribution in [0.5, 0.6) is 5.75 Å². The van der Waals surface area contributed by atoms with Crippen molar-refractivity contribution >= 4 is 28.0 Å². The third-order valence-corrected chi connectivity index (χ3v) is 4.21. The Morgan fingerprint density at radius 3 is 2.14 bits per heavy atom. The molecule has 29 heavy (non-hydrogen) atoms. The molecule has 0 bridgehead atoms. The van der Waals surface area contributed by atoms with E-state index in [4.69, 9.17) is 9.47 Å². The Bertz CT molecular complexity index is 582. The second kappa shape index (κ2) is 15.1. The van der Waals surface area contributed by atoms with Crippen LogP contribution in [0.15, 0.2) is 24.3 Å². The fraction of sp³-hybridized carbons (Fsp3) is 0.636. The number of rotatable bonds is 10. The van der Waals surface area contributed by atoms with Gasteiger partial charge < -0.3 is 19.9 Å². The fourth-order valence-electron chi connectivity index (χ4n) is 1.99. The number of carboxylic acids is 1. The first-order chi connectivity index (χ1) is 13.6. The molecular formula is C22H36BrNO5. The number of nitrogens with one attached hydrogen (secondary N) is 1. The van der Waals surface area contributed by atoms with Crippen molar-refractivity contribution in [2.75, 3.05) is 11.9 Å². The number of alkyl carbamates (subject to hydrolysis) is 1. The highest BCUT2D eigenvalue weighted by Gasteiger charge is 2.24. The molecule has 0 fully saturated rings. The molecule has 7 heteroatoms. The number of amides is 1. The van der Waals surface area contributed by atoms with E-state index >= 15 is 0 Å². The number of halogens is 1. The fourth-order valence-corrected chi connectivity index (χ4v) is 2.39. The zero-order valence-electron chi connectivity index (χ0n) is 18.3. The lowest BCUT2D eigenvalue weighted by Gasteiger charge is -2.22. The maximum Gasteiger partial charge on any atom is 0.408 e. The van der Waals surface area contributed by atoms with Gasteiger partial charge in [0.05, 0.1) is 6.61 Å². The predicted octanol–water partition coefficient (Wildman–Crippen LogP) is 5.57. The van der Waals surface area contributed by atoms with Crippen LogP contribution in [0.3, 0.4) is 0 Å². The molecule has 0 saturated heterocycles. The van der Waals surface area contributed by atoms with Gasteiger partial charge in [0.15, 0.2) is 0 Å². The molecule has 0 heterocycles. The Morgan fingerprint density at radius 1 is 1.10 bits per heavy atom. The third kappa shape index (κ3) is 14.8. The SMILES string of the molecule is CC(C)(C)OC(=O)N[C@@H](Cc1ccc(OCCCCBr)cc1)C(=O)O.CCCC. The molecule has 0 aliphatic rings. The molecule has 0 unspecified atom stereocenters. The van der Waals surface area contributed by atoms with E-state index in [0.29, 0.717) is 6.61 Å². The number of aliphatic carboxylic acids is 1. The van der Waals surface area contributed by atoms with Crippen molar-refractivity contribution in [3.63, 3.8) is 0 Å². The van der Waals surface area contributed by atoms with E-state index in [1.807, 2.05) is 0 Å². The van der Waals surface area contributed by atoms with Gasteiger partial charge in [-0.05, 0) is 51.3 Å². The minimum Gasteiger partial charge on any atom is -0.494 e. The van der Waals surface area contributed by atoms with Crippen molar-refractivity contribution < 1.29 is 24.2 Å². The second-order valence-electron chi connectivity index (χ2n) is 7.63. The smallest absolute Gasteiger partial charge is 0.408 e. The first-order valence-electron chi connectivity index (χ1n) is 10.1. The summed E-state index contributed by atoms with van der Waals surface area (Å²) in [5.41, 5.74) is 0.109. The van der Waals surface area contributed by atoms with Crippen LogP contribution in [-0.4, -0.2) is 40.7 Å². The molecule has 6 nitrogen and oxygen atoms in total. The molecule has 0 aromatic heterocycles. The van der Waals surface area contributed by atoms with Crippen molar-refractivity contribution in [1.82, 2.24) is 5.32 Å². The van der Waals surface area contributed by atoms with Crippen molar-refractivity contribution in [3.8, 4) is 5.75 Å². The number of hydrogen-bond donors (Lipinski definition) is 2. The van der Waals surface area contributed by atoms with Gasteiger partial charge in [-0.25, -0.2) is 9.59 Å². The zero-order valence-corrected chi connectivity index (χ0v) is 19.9. The number of carboxylic acid groups (broad SMARTS) is 1. The van der Waals surface area contributed by atoms with E-state index in [-0.39, 0.29) is 6.42 Å². The number of benzene rings is 1. The summed E-state index contributed by atoms with van der Waals surface area (Å²) in [6, 6.07) is 6.14. The van der Waals surface area contributed by atoms with Crippen LogP contribution in [0.1, 0.15) is 65.9 Å². The molecule has 1 aromatic rings. The van der Waals surface area contributed by atoms with Crippen LogP contribution >= 0.6 is 15.9 Å². The van der Waals surface area contributed by atoms with Crippen LogP contribution in [0.4, 0.5) is 4.79 Å². The van der Waals surface area contributed by atoms with E-state index in [1.54, 1.807) is 45.0 Å². The summed E-state index contributed by atoms with van der Waals surface area (Å²) >= 11 is 3.37. The van der Waals surface area contributed by atoms with Gasteiger partial charge in [-0.15, -0.1) is 0 Å². The van der Waals surface area contributed by atoms with Gasteiger partial charge in [0.1, 0.15) is 17.4 Å². The molecule has 0 aliphatic heterocycles. The summed E-state index contributed by atoms with van der Waals surface area (Å²) in [6.45, 7) is 10.2. The summed E-state index contributed by atoms with van der Waals surface area (Å²) in [6.07, 6.45) is 4.08. The number of unbranched alkanes of at least 4 members (excludes halogenated alkanes) is 2. The van der Waals surface area contributed by atoms with Crippen molar-refractivity contribution in [2.24, 2.45) is 0 Å². The van der Waals surface area contributed by atoms with E-state index < -0.39 is 23.7 Å². The Morgan fingerprint density at radius 2 is 1.69 bits per heavy atom. The lowest BCUT2D eigenvalue weighted by Crippen LogP contribution is -2.44. The summed E-state index contributed by atoms with van der Waals surface area (Å²) in [5, 5.41) is 12.6. The van der Waals surface area contributed by atoms with Crippen LogP contribution in [0.25, 0.3) is 0 Å². The summed E-state index contributed by atoms with van der Waals surface area (Å²) in [4.78, 5) is 23.1. The third-order valence-electron chi connectivity index (χ3n) is 3.65. The summed E-state index contributed by atoms with van der Waals surface area (Å²) in [7, 11) is 0. The summed E-state index contributed by atoms with van der Waals surface area (Å²) < 4.78 is 10.7. The largest absolute Gasteiger partial charge is 0.494 e. The normalized spacial score (nSPS) is 11.7. The van der Waals surface area contributed by atoms with Crippen LogP contribution in [0.2, 0.25) is 0 Å². The second-order valence-corrected chi connectivity index (χ2v) is 8.42. The minimum atomic E-state index is -1.11. The molecule has 2 N–H and O–H groups in total. The maximum absolute atomic E-state index is 11.8. The van der Waals surface area contributed by atoms with Crippen molar-refractivity contribution in [1.29, 1.82) is 0 Å². The zero-order chi connectivity index (χ0) is 22.3. The van der Waals surface area contributed by atoms with Gasteiger partial charge in [0.2, 0.25) is 0 Å². The minimum absolute atomic E-state index is 0.165. The molecule has 0 radical (unpaired) electrons. The molecule has 0 saturated carbocycles. The van der Waals surface area contributed by atoms with Crippen LogP contribution in [0, 0.1) is 0 Å². The molecule has 1 atom stereocenters. The van der Waals surface area contributed by atoms with Gasteiger partial charge in [0.25, 0.3) is 0 Å². The van der Waals surface area contributed by atoms with Gasteiger partial charge in [-0.2, -0.15) is 0 Å². The van der Waals surface area contributed by atoms with E-state index in [9.17, 15) is 14.7 Å². The van der Waals surface area contributed by atoms with Crippen LogP contribution < -0.4 is 10.1 Å². The molecule has 0 aliphatic carbocycles. The summed E-state index contributed by atoms with van der Waals surface area (Å²) in [5.74, 6) is -0.369. The maximum atomic E-state index is 11.8. The van der Waals surface area contributed by atoms with Crippen molar-refractivity contribution in [3.05, 3.63) is 29.8 Å². The topological polar surface area (TPSA) is 84.9 Å². The number of alkyl halides is 1. The highest BCUT2D eigenvalue weighted by Crippen LogP contribution is 2.15.